The summed E-state index contributed by atoms with van der Waals surface area (Å²) in [5.74, 6) is 0.308. The minimum atomic E-state index is -0.0576. The summed E-state index contributed by atoms with van der Waals surface area (Å²) >= 11 is 0. The molecule has 0 unspecified atom stereocenters. The van der Waals surface area contributed by atoms with Gasteiger partial charge in [-0.15, -0.1) is 0 Å². The second kappa shape index (κ2) is 5.90. The molecule has 0 aliphatic rings. The normalized spacial score (nSPS) is 11.2. The summed E-state index contributed by atoms with van der Waals surface area (Å²) < 4.78 is 1.70. The number of fused-ring (bicyclic) bond motifs is 2. The third-order valence-corrected chi connectivity index (χ3v) is 4.17. The molecule has 4 aromatic rings. The maximum absolute atomic E-state index is 11.6. The van der Waals surface area contributed by atoms with Gasteiger partial charge in [0.1, 0.15) is 17.8 Å². The van der Waals surface area contributed by atoms with E-state index in [1.165, 1.54) is 6.33 Å². The second-order valence-electron chi connectivity index (χ2n) is 5.72. The largest absolute Gasteiger partial charge is 0.383 e. The number of anilines is 1. The quantitative estimate of drug-likeness (QED) is 0.525. The van der Waals surface area contributed by atoms with Gasteiger partial charge in [0.15, 0.2) is 5.65 Å². The molecular formula is C17H17N7O. The van der Waals surface area contributed by atoms with Crippen molar-refractivity contribution in [3.05, 3.63) is 36.7 Å². The highest BCUT2D eigenvalue weighted by atomic mass is 16.1. The Hall–Kier alpha value is -3.42. The third kappa shape index (κ3) is 2.57. The van der Waals surface area contributed by atoms with Gasteiger partial charge in [0.2, 0.25) is 5.91 Å². The van der Waals surface area contributed by atoms with E-state index in [4.69, 9.17) is 5.73 Å². The van der Waals surface area contributed by atoms with E-state index in [0.29, 0.717) is 35.5 Å². The van der Waals surface area contributed by atoms with Gasteiger partial charge in [0.05, 0.1) is 17.6 Å². The van der Waals surface area contributed by atoms with Crippen LogP contribution in [0.1, 0.15) is 6.42 Å². The number of aryl methyl sites for hydroxylation is 1. The average Bonchev–Trinajstić information content (AvgIpc) is 3.21. The Morgan fingerprint density at radius 1 is 1.32 bits per heavy atom. The van der Waals surface area contributed by atoms with Crippen LogP contribution in [0.4, 0.5) is 5.82 Å². The molecule has 4 rings (SSSR count). The fourth-order valence-corrected chi connectivity index (χ4v) is 2.91. The molecule has 8 heteroatoms. The Balaban J connectivity index is 1.86. The monoisotopic (exact) mass is 335 g/mol. The first-order valence-electron chi connectivity index (χ1n) is 7.93. The Bertz CT molecular complexity index is 1050. The van der Waals surface area contributed by atoms with E-state index in [9.17, 15) is 4.79 Å². The molecule has 0 saturated carbocycles. The van der Waals surface area contributed by atoms with Gasteiger partial charge < -0.3 is 16.0 Å². The van der Waals surface area contributed by atoms with Crippen molar-refractivity contribution in [1.29, 1.82) is 0 Å². The van der Waals surface area contributed by atoms with E-state index in [-0.39, 0.29) is 5.91 Å². The molecule has 0 aliphatic heterocycles. The fraction of sp³-hybridized carbons (Fsp3) is 0.176. The summed E-state index contributed by atoms with van der Waals surface area (Å²) in [6.45, 7) is 0.410. The molecular weight excluding hydrogens is 318 g/mol. The van der Waals surface area contributed by atoms with Crippen molar-refractivity contribution >= 4 is 33.7 Å². The van der Waals surface area contributed by atoms with E-state index in [1.54, 1.807) is 11.7 Å². The molecule has 0 fully saturated rings. The Kier molecular flexibility index (Phi) is 3.57. The first-order valence-corrected chi connectivity index (χ1v) is 7.93. The maximum atomic E-state index is 11.6. The Labute approximate surface area is 143 Å². The van der Waals surface area contributed by atoms with Crippen LogP contribution in [0.2, 0.25) is 0 Å². The van der Waals surface area contributed by atoms with Crippen LogP contribution in [0.5, 0.6) is 0 Å². The first kappa shape index (κ1) is 15.1. The molecule has 25 heavy (non-hydrogen) atoms. The van der Waals surface area contributed by atoms with Crippen LogP contribution >= 0.6 is 0 Å². The lowest BCUT2D eigenvalue weighted by Crippen LogP contribution is -2.19. The molecule has 4 N–H and O–H groups in total. The zero-order chi connectivity index (χ0) is 17.4. The smallest absolute Gasteiger partial charge is 0.221 e. The molecule has 0 atom stereocenters. The van der Waals surface area contributed by atoms with Crippen LogP contribution in [0.25, 0.3) is 33.3 Å². The lowest BCUT2D eigenvalue weighted by molar-refractivity contribution is -0.120. The van der Waals surface area contributed by atoms with Gasteiger partial charge in [-0.05, 0) is 12.1 Å². The third-order valence-electron chi connectivity index (χ3n) is 4.17. The number of amides is 1. The van der Waals surface area contributed by atoms with Crippen LogP contribution in [0.3, 0.4) is 0 Å². The number of aromatic nitrogens is 5. The lowest BCUT2D eigenvalue weighted by atomic mass is 10.2. The number of hydrogen-bond acceptors (Lipinski definition) is 5. The summed E-state index contributed by atoms with van der Waals surface area (Å²) in [6.07, 6.45) is 1.72. The molecule has 0 radical (unpaired) electrons. The van der Waals surface area contributed by atoms with Crippen molar-refractivity contribution in [2.24, 2.45) is 0 Å². The Morgan fingerprint density at radius 3 is 2.96 bits per heavy atom. The van der Waals surface area contributed by atoms with Gasteiger partial charge in [0, 0.05) is 24.4 Å². The van der Waals surface area contributed by atoms with Gasteiger partial charge in [-0.3, -0.25) is 4.79 Å². The Morgan fingerprint density at radius 2 is 2.16 bits per heavy atom. The molecule has 0 spiro atoms. The van der Waals surface area contributed by atoms with E-state index in [0.717, 1.165) is 16.6 Å². The van der Waals surface area contributed by atoms with Gasteiger partial charge >= 0.3 is 0 Å². The molecule has 3 heterocycles. The van der Waals surface area contributed by atoms with Crippen molar-refractivity contribution in [1.82, 2.24) is 30.0 Å². The lowest BCUT2D eigenvalue weighted by Gasteiger charge is -2.01. The van der Waals surface area contributed by atoms with E-state index in [2.05, 4.69) is 25.4 Å². The first-order chi connectivity index (χ1) is 12.2. The van der Waals surface area contributed by atoms with Crippen LogP contribution < -0.4 is 11.1 Å². The SMILES string of the molecule is CNC(=O)CCn1nc(-c2cc3ccccc3[nH]2)c2c(N)ncnc21. The van der Waals surface area contributed by atoms with E-state index >= 15 is 0 Å². The highest BCUT2D eigenvalue weighted by Crippen LogP contribution is 2.31. The highest BCUT2D eigenvalue weighted by molar-refractivity contribution is 5.99. The highest BCUT2D eigenvalue weighted by Gasteiger charge is 2.18. The van der Waals surface area contributed by atoms with E-state index in [1.807, 2.05) is 30.3 Å². The molecule has 0 aliphatic carbocycles. The maximum Gasteiger partial charge on any atom is 0.221 e. The van der Waals surface area contributed by atoms with Crippen molar-refractivity contribution in [2.75, 3.05) is 12.8 Å². The number of nitrogens with two attached hydrogens (primary N) is 1. The minimum absolute atomic E-state index is 0.0576. The van der Waals surface area contributed by atoms with Crippen LogP contribution in [-0.2, 0) is 11.3 Å². The number of para-hydroxylation sites is 1. The topological polar surface area (TPSA) is 115 Å². The standard InChI is InChI=1S/C17H17N7O/c1-19-13(25)6-7-24-17-14(16(18)20-9-21-17)15(23-24)12-8-10-4-2-3-5-11(10)22-12/h2-5,8-9,22H,6-7H2,1H3,(H,19,25)(H2,18,20,21). The summed E-state index contributed by atoms with van der Waals surface area (Å²) in [5, 5.41) is 9.02. The van der Waals surface area contributed by atoms with Gasteiger partial charge in [-0.25, -0.2) is 14.6 Å². The van der Waals surface area contributed by atoms with E-state index < -0.39 is 0 Å². The zero-order valence-electron chi connectivity index (χ0n) is 13.7. The number of carbonyl (C=O) groups excluding carboxylic acids is 1. The summed E-state index contributed by atoms with van der Waals surface area (Å²) in [7, 11) is 1.61. The van der Waals surface area contributed by atoms with Crippen molar-refractivity contribution in [3.63, 3.8) is 0 Å². The summed E-state index contributed by atoms with van der Waals surface area (Å²) in [5.41, 5.74) is 9.24. The summed E-state index contributed by atoms with van der Waals surface area (Å²) in [6, 6.07) is 10.0. The molecule has 0 bridgehead atoms. The molecule has 126 valence electrons. The van der Waals surface area contributed by atoms with Gasteiger partial charge in [-0.2, -0.15) is 5.10 Å². The number of rotatable bonds is 4. The second-order valence-corrected chi connectivity index (χ2v) is 5.72. The number of carbonyl (C=O) groups is 1. The van der Waals surface area contributed by atoms with Gasteiger partial charge in [-0.1, -0.05) is 18.2 Å². The zero-order valence-corrected chi connectivity index (χ0v) is 13.7. The fourth-order valence-electron chi connectivity index (χ4n) is 2.91. The summed E-state index contributed by atoms with van der Waals surface area (Å²) in [4.78, 5) is 23.3. The predicted molar refractivity (Wildman–Crippen MR) is 95.7 cm³/mol. The number of nitrogens with zero attached hydrogens (tertiary/aromatic N) is 4. The predicted octanol–water partition coefficient (Wildman–Crippen LogP) is 1.69. The molecule has 0 saturated heterocycles. The molecule has 8 nitrogen and oxygen atoms in total. The van der Waals surface area contributed by atoms with Crippen LogP contribution in [-0.4, -0.2) is 37.7 Å². The molecule has 1 aromatic carbocycles. The molecule has 1 amide bonds. The molecule has 3 aromatic heterocycles. The number of aromatic amines is 1. The minimum Gasteiger partial charge on any atom is -0.383 e. The van der Waals surface area contributed by atoms with Crippen molar-refractivity contribution in [2.45, 2.75) is 13.0 Å². The number of H-pyrrole nitrogens is 1. The van der Waals surface area contributed by atoms with Crippen LogP contribution in [0, 0.1) is 0 Å². The number of nitrogens with one attached hydrogen (secondary N) is 2. The average molecular weight is 335 g/mol. The van der Waals surface area contributed by atoms with Crippen LogP contribution in [0.15, 0.2) is 36.7 Å². The van der Waals surface area contributed by atoms with Gasteiger partial charge in [0.25, 0.3) is 0 Å². The number of hydrogen-bond donors (Lipinski definition) is 3. The van der Waals surface area contributed by atoms with Crippen molar-refractivity contribution in [3.8, 4) is 11.4 Å². The number of benzene rings is 1. The number of nitrogen functional groups attached to an aromatic ring is 1. The van der Waals surface area contributed by atoms with Crippen molar-refractivity contribution < 1.29 is 4.79 Å².